The van der Waals surface area contributed by atoms with Crippen molar-refractivity contribution in [3.05, 3.63) is 11.6 Å². The summed E-state index contributed by atoms with van der Waals surface area (Å²) in [5.41, 5.74) is 1.04. The van der Waals surface area contributed by atoms with Crippen LogP contribution in [0.15, 0.2) is 11.6 Å². The van der Waals surface area contributed by atoms with Gasteiger partial charge in [-0.25, -0.2) is 4.79 Å². The minimum atomic E-state index is -0.564. The molecule has 0 amide bonds. The first kappa shape index (κ1) is 25.2. The summed E-state index contributed by atoms with van der Waals surface area (Å²) >= 11 is 0. The molecule has 4 aliphatic rings. The second kappa shape index (κ2) is 9.66. The Morgan fingerprint density at radius 2 is 1.91 bits per heavy atom. The van der Waals surface area contributed by atoms with Gasteiger partial charge in [0.1, 0.15) is 6.10 Å². The molecule has 3 saturated carbocycles. The summed E-state index contributed by atoms with van der Waals surface area (Å²) in [5, 5.41) is 0. The van der Waals surface area contributed by atoms with Crippen LogP contribution in [0.2, 0.25) is 0 Å². The summed E-state index contributed by atoms with van der Waals surface area (Å²) < 4.78 is 15.4. The van der Waals surface area contributed by atoms with E-state index in [2.05, 4.69) is 20.8 Å². The van der Waals surface area contributed by atoms with Gasteiger partial charge in [0.05, 0.1) is 13.7 Å². The molecule has 0 heterocycles. The van der Waals surface area contributed by atoms with E-state index in [1.54, 1.807) is 6.92 Å². The van der Waals surface area contributed by atoms with Crippen LogP contribution in [-0.4, -0.2) is 37.7 Å². The third-order valence-corrected chi connectivity index (χ3v) is 10.2. The lowest BCUT2D eigenvalue weighted by molar-refractivity contribution is -0.141. The summed E-state index contributed by atoms with van der Waals surface area (Å²) in [6.45, 7) is 8.87. The van der Waals surface area contributed by atoms with Crippen LogP contribution in [0.25, 0.3) is 0 Å². The molecule has 0 aliphatic heterocycles. The van der Waals surface area contributed by atoms with E-state index in [0.29, 0.717) is 48.4 Å². The zero-order valence-corrected chi connectivity index (χ0v) is 21.6. The van der Waals surface area contributed by atoms with Crippen LogP contribution in [-0.2, 0) is 23.8 Å². The second-order valence-electron chi connectivity index (χ2n) is 11.6. The molecule has 190 valence electrons. The highest BCUT2D eigenvalue weighted by atomic mass is 16.7. The van der Waals surface area contributed by atoms with Crippen molar-refractivity contribution in [1.82, 2.24) is 0 Å². The highest BCUT2D eigenvalue weighted by Gasteiger charge is 2.61. The van der Waals surface area contributed by atoms with Crippen molar-refractivity contribution in [3.63, 3.8) is 0 Å². The van der Waals surface area contributed by atoms with Crippen molar-refractivity contribution < 1.29 is 28.6 Å². The van der Waals surface area contributed by atoms with Gasteiger partial charge in [-0.3, -0.25) is 9.59 Å². The number of esters is 1. The molecule has 0 unspecified atom stereocenters. The third kappa shape index (κ3) is 4.19. The van der Waals surface area contributed by atoms with Gasteiger partial charge in [0.15, 0.2) is 5.78 Å². The van der Waals surface area contributed by atoms with E-state index >= 15 is 0 Å². The Bertz CT molecular complexity index is 848. The normalized spacial score (nSPS) is 39.7. The average Bonchev–Trinajstić information content (AvgIpc) is 3.17. The topological polar surface area (TPSA) is 78.9 Å². The molecule has 0 N–H and O–H groups in total. The second-order valence-corrected chi connectivity index (χ2v) is 11.6. The maximum atomic E-state index is 13.8. The van der Waals surface area contributed by atoms with Crippen LogP contribution in [0.4, 0.5) is 4.79 Å². The Balaban J connectivity index is 1.51. The number of fused-ring (bicyclic) bond motifs is 5. The van der Waals surface area contributed by atoms with Gasteiger partial charge in [0.2, 0.25) is 0 Å². The van der Waals surface area contributed by atoms with Crippen LogP contribution >= 0.6 is 0 Å². The van der Waals surface area contributed by atoms with Crippen LogP contribution in [0.5, 0.6) is 0 Å². The van der Waals surface area contributed by atoms with E-state index in [-0.39, 0.29) is 22.9 Å². The summed E-state index contributed by atoms with van der Waals surface area (Å²) in [6.07, 6.45) is 9.55. The van der Waals surface area contributed by atoms with Crippen molar-refractivity contribution in [1.29, 1.82) is 0 Å². The molecule has 0 saturated heterocycles. The number of rotatable bonds is 6. The van der Waals surface area contributed by atoms with Gasteiger partial charge in [-0.2, -0.15) is 0 Å². The van der Waals surface area contributed by atoms with Gasteiger partial charge < -0.3 is 14.2 Å². The molecule has 0 aromatic heterocycles. The summed E-state index contributed by atoms with van der Waals surface area (Å²) in [5.74, 6) is 2.03. The molecule has 4 rings (SSSR count). The largest absolute Gasteiger partial charge is 0.508 e. The van der Waals surface area contributed by atoms with E-state index in [1.807, 2.05) is 6.08 Å². The summed E-state index contributed by atoms with van der Waals surface area (Å²) in [6, 6.07) is 0. The zero-order valence-electron chi connectivity index (χ0n) is 21.6. The molecular weight excluding hydrogens is 432 g/mol. The number of hydrogen-bond donors (Lipinski definition) is 0. The van der Waals surface area contributed by atoms with E-state index < -0.39 is 6.16 Å². The maximum Gasteiger partial charge on any atom is 0.508 e. The highest BCUT2D eigenvalue weighted by Crippen LogP contribution is 2.65. The van der Waals surface area contributed by atoms with Gasteiger partial charge >= 0.3 is 12.1 Å². The summed E-state index contributed by atoms with van der Waals surface area (Å²) in [7, 11) is 1.43. The molecule has 8 atom stereocenters. The predicted molar refractivity (Wildman–Crippen MR) is 128 cm³/mol. The number of carbonyl (C=O) groups is 3. The van der Waals surface area contributed by atoms with Crippen molar-refractivity contribution in [2.75, 3.05) is 13.7 Å². The molecular formula is C28H42O6. The Labute approximate surface area is 204 Å². The SMILES string of the molecule is CCOC(=O)O[C@@H]1CC[C@]2(C)C3=CC(=O)[C@@]4(C)[C@H](CC[C@H]4[C@H](C)CCC(=O)OC)[C@H]3CC[C@@H]2C1. The van der Waals surface area contributed by atoms with Gasteiger partial charge in [0, 0.05) is 11.8 Å². The monoisotopic (exact) mass is 474 g/mol. The van der Waals surface area contributed by atoms with Crippen LogP contribution in [0, 0.1) is 40.4 Å². The fourth-order valence-corrected chi connectivity index (χ4v) is 8.26. The molecule has 0 spiro atoms. The van der Waals surface area contributed by atoms with Gasteiger partial charge in [-0.1, -0.05) is 26.3 Å². The lowest BCUT2D eigenvalue weighted by Crippen LogP contribution is -2.52. The Hall–Kier alpha value is -1.85. The number of ketones is 1. The predicted octanol–water partition coefficient (Wildman–Crippen LogP) is 5.88. The number of methoxy groups -OCH3 is 1. The number of hydrogen-bond acceptors (Lipinski definition) is 6. The maximum absolute atomic E-state index is 13.8. The van der Waals surface area contributed by atoms with Gasteiger partial charge in [-0.05, 0) is 99.4 Å². The minimum absolute atomic E-state index is 0.00299. The molecule has 4 aliphatic carbocycles. The van der Waals surface area contributed by atoms with Crippen molar-refractivity contribution in [3.8, 4) is 0 Å². The highest BCUT2D eigenvalue weighted by molar-refractivity contribution is 5.97. The van der Waals surface area contributed by atoms with Crippen molar-refractivity contribution in [2.24, 2.45) is 40.4 Å². The van der Waals surface area contributed by atoms with Crippen LogP contribution in [0.1, 0.15) is 85.5 Å². The minimum Gasteiger partial charge on any atom is -0.469 e. The Morgan fingerprint density at radius 3 is 2.62 bits per heavy atom. The molecule has 0 aromatic rings. The number of ether oxygens (including phenoxy) is 3. The van der Waals surface area contributed by atoms with Crippen LogP contribution < -0.4 is 0 Å². The third-order valence-electron chi connectivity index (χ3n) is 10.2. The van der Waals surface area contributed by atoms with E-state index in [0.717, 1.165) is 51.4 Å². The Kier molecular flexibility index (Phi) is 7.17. The van der Waals surface area contributed by atoms with Crippen molar-refractivity contribution >= 4 is 17.9 Å². The fraction of sp³-hybridized carbons (Fsp3) is 0.821. The van der Waals surface area contributed by atoms with E-state index in [9.17, 15) is 14.4 Å². The Morgan fingerprint density at radius 1 is 1.15 bits per heavy atom. The quantitative estimate of drug-likeness (QED) is 0.448. The molecule has 34 heavy (non-hydrogen) atoms. The average molecular weight is 475 g/mol. The van der Waals surface area contributed by atoms with Gasteiger partial charge in [-0.15, -0.1) is 0 Å². The number of carbonyl (C=O) groups excluding carboxylic acids is 3. The standard InChI is InChI=1S/C28H42O6/c1-6-33-26(31)34-19-13-14-27(3)18(15-19)8-9-20-22-11-10-21(17(2)7-12-25(30)32-5)28(22,4)24(29)16-23(20)27/h16-22H,6-15H2,1-5H3/t17-,18-,19-,20-,21+,22-,27+,28-/m1/s1. The van der Waals surface area contributed by atoms with Crippen molar-refractivity contribution in [2.45, 2.75) is 91.6 Å². The molecule has 0 aromatic carbocycles. The van der Waals surface area contributed by atoms with Gasteiger partial charge in [0.25, 0.3) is 0 Å². The zero-order chi connectivity index (χ0) is 24.7. The molecule has 3 fully saturated rings. The lowest BCUT2D eigenvalue weighted by atomic mass is 9.48. The molecule has 6 heteroatoms. The molecule has 6 nitrogen and oxygen atoms in total. The smallest absolute Gasteiger partial charge is 0.469 e. The van der Waals surface area contributed by atoms with E-state index in [1.165, 1.54) is 12.7 Å². The first-order valence-corrected chi connectivity index (χ1v) is 13.3. The van der Waals surface area contributed by atoms with E-state index in [4.69, 9.17) is 14.2 Å². The number of allylic oxidation sites excluding steroid dienone is 2. The summed E-state index contributed by atoms with van der Waals surface area (Å²) in [4.78, 5) is 37.3. The fourth-order valence-electron chi connectivity index (χ4n) is 8.26. The first-order chi connectivity index (χ1) is 16.1. The molecule has 0 bridgehead atoms. The first-order valence-electron chi connectivity index (χ1n) is 13.3. The lowest BCUT2D eigenvalue weighted by Gasteiger charge is -2.56. The van der Waals surface area contributed by atoms with Crippen LogP contribution in [0.3, 0.4) is 0 Å². The molecule has 0 radical (unpaired) electrons.